The third-order valence-corrected chi connectivity index (χ3v) is 3.35. The van der Waals surface area contributed by atoms with Crippen molar-refractivity contribution in [1.82, 2.24) is 0 Å². The molecule has 0 aliphatic heterocycles. The highest BCUT2D eigenvalue weighted by Crippen LogP contribution is 2.38. The van der Waals surface area contributed by atoms with E-state index >= 15 is 0 Å². The Hall–Kier alpha value is -0.330. The van der Waals surface area contributed by atoms with Crippen LogP contribution in [0.25, 0.3) is 0 Å². The largest absolute Gasteiger partial charge is 0.300 e. The number of Topliss-reactive ketones (excluding diaryl/α,β-unsaturated/α-hetero) is 1. The minimum absolute atomic E-state index is 0.516. The first-order chi connectivity index (χ1) is 5.36. The second-order valence-electron chi connectivity index (χ2n) is 4.09. The van der Waals surface area contributed by atoms with Gasteiger partial charge in [0.2, 0.25) is 0 Å². The number of hydrogen-bond donors (Lipinski definition) is 0. The highest BCUT2D eigenvalue weighted by Gasteiger charge is 2.30. The zero-order valence-electron chi connectivity index (χ0n) is 7.01. The molecule has 2 rings (SSSR count). The first-order valence-corrected chi connectivity index (χ1v) is 4.88. The van der Waals surface area contributed by atoms with Crippen LogP contribution in [0.2, 0.25) is 0 Å². The highest BCUT2D eigenvalue weighted by atomic mass is 16.1. The third kappa shape index (κ3) is 1.47. The van der Waals surface area contributed by atoms with E-state index in [4.69, 9.17) is 0 Å². The third-order valence-electron chi connectivity index (χ3n) is 3.35. The Balaban J connectivity index is 1.90. The van der Waals surface area contributed by atoms with Gasteiger partial charge in [-0.05, 0) is 18.3 Å². The molecule has 2 aliphatic carbocycles. The van der Waals surface area contributed by atoms with Gasteiger partial charge < -0.3 is 0 Å². The van der Waals surface area contributed by atoms with E-state index in [0.29, 0.717) is 5.78 Å². The molecule has 1 atom stereocenters. The minimum Gasteiger partial charge on any atom is -0.300 e. The van der Waals surface area contributed by atoms with Crippen LogP contribution in [0.5, 0.6) is 0 Å². The van der Waals surface area contributed by atoms with Crippen LogP contribution in [0.15, 0.2) is 0 Å². The lowest BCUT2D eigenvalue weighted by atomic mass is 9.90. The lowest BCUT2D eigenvalue weighted by Crippen LogP contribution is -2.07. The number of rotatable bonds is 1. The van der Waals surface area contributed by atoms with Gasteiger partial charge in [0.05, 0.1) is 0 Å². The predicted octanol–water partition coefficient (Wildman–Crippen LogP) is 2.55. The summed E-state index contributed by atoms with van der Waals surface area (Å²) in [5, 5.41) is 0. The van der Waals surface area contributed by atoms with Gasteiger partial charge in [-0.3, -0.25) is 4.79 Å². The Labute approximate surface area is 68.2 Å². The Morgan fingerprint density at radius 1 is 1.00 bits per heavy atom. The van der Waals surface area contributed by atoms with E-state index in [-0.39, 0.29) is 0 Å². The average molecular weight is 152 g/mol. The first kappa shape index (κ1) is 7.33. The lowest BCUT2D eigenvalue weighted by molar-refractivity contribution is -0.117. The van der Waals surface area contributed by atoms with Crippen LogP contribution < -0.4 is 0 Å². The van der Waals surface area contributed by atoms with Crippen LogP contribution in [0, 0.1) is 11.8 Å². The Bertz CT molecular complexity index is 156. The summed E-state index contributed by atoms with van der Waals surface area (Å²) in [5.74, 6) is 2.22. The molecular weight excluding hydrogens is 136 g/mol. The maximum atomic E-state index is 11.0. The fourth-order valence-electron chi connectivity index (χ4n) is 2.67. The standard InChI is InChI=1S/C10H16O/c11-10-6-5-9(7-10)8-3-1-2-4-8/h8-9H,1-7H2/t9-/m0/s1. The van der Waals surface area contributed by atoms with Crippen molar-refractivity contribution in [2.75, 3.05) is 0 Å². The molecule has 62 valence electrons. The molecule has 0 saturated heterocycles. The molecule has 11 heavy (non-hydrogen) atoms. The van der Waals surface area contributed by atoms with Crippen LogP contribution in [0.4, 0.5) is 0 Å². The quantitative estimate of drug-likeness (QED) is 0.564. The van der Waals surface area contributed by atoms with E-state index in [1.807, 2.05) is 0 Å². The topological polar surface area (TPSA) is 17.1 Å². The summed E-state index contributed by atoms with van der Waals surface area (Å²) in [5.41, 5.74) is 0. The molecule has 2 aliphatic rings. The monoisotopic (exact) mass is 152 g/mol. The average Bonchev–Trinajstić information content (AvgIpc) is 2.55. The Morgan fingerprint density at radius 2 is 1.73 bits per heavy atom. The fourth-order valence-corrected chi connectivity index (χ4v) is 2.67. The van der Waals surface area contributed by atoms with Crippen LogP contribution in [-0.2, 0) is 4.79 Å². The SMILES string of the molecule is O=C1CC[C@H](C2CCCC2)C1. The number of hydrogen-bond acceptors (Lipinski definition) is 1. The molecule has 0 spiro atoms. The summed E-state index contributed by atoms with van der Waals surface area (Å²) in [4.78, 5) is 11.0. The molecule has 0 N–H and O–H groups in total. The van der Waals surface area contributed by atoms with Crippen molar-refractivity contribution in [2.24, 2.45) is 11.8 Å². The van der Waals surface area contributed by atoms with E-state index in [1.165, 1.54) is 32.1 Å². The van der Waals surface area contributed by atoms with Crippen LogP contribution in [0.1, 0.15) is 44.9 Å². The fraction of sp³-hybridized carbons (Fsp3) is 0.900. The van der Waals surface area contributed by atoms with Gasteiger partial charge in [-0.25, -0.2) is 0 Å². The van der Waals surface area contributed by atoms with Crippen molar-refractivity contribution in [1.29, 1.82) is 0 Å². The molecule has 0 heterocycles. The molecule has 2 fully saturated rings. The van der Waals surface area contributed by atoms with Gasteiger partial charge in [0.15, 0.2) is 0 Å². The summed E-state index contributed by atoms with van der Waals surface area (Å²) in [6.45, 7) is 0. The van der Waals surface area contributed by atoms with Crippen LogP contribution >= 0.6 is 0 Å². The van der Waals surface area contributed by atoms with E-state index in [2.05, 4.69) is 0 Å². The van der Waals surface area contributed by atoms with Gasteiger partial charge in [0.1, 0.15) is 5.78 Å². The molecule has 0 aromatic rings. The number of ketones is 1. The van der Waals surface area contributed by atoms with Gasteiger partial charge >= 0.3 is 0 Å². The summed E-state index contributed by atoms with van der Waals surface area (Å²) in [6, 6.07) is 0. The van der Waals surface area contributed by atoms with Crippen LogP contribution in [-0.4, -0.2) is 5.78 Å². The molecular formula is C10H16O. The van der Waals surface area contributed by atoms with Gasteiger partial charge in [-0.2, -0.15) is 0 Å². The molecule has 0 bridgehead atoms. The van der Waals surface area contributed by atoms with E-state index in [1.54, 1.807) is 0 Å². The van der Waals surface area contributed by atoms with Crippen molar-refractivity contribution in [3.05, 3.63) is 0 Å². The van der Waals surface area contributed by atoms with Gasteiger partial charge in [0, 0.05) is 12.8 Å². The lowest BCUT2D eigenvalue weighted by Gasteiger charge is -2.15. The maximum Gasteiger partial charge on any atom is 0.133 e. The zero-order chi connectivity index (χ0) is 7.68. The molecule has 1 nitrogen and oxygen atoms in total. The minimum atomic E-state index is 0.516. The first-order valence-electron chi connectivity index (χ1n) is 4.88. The van der Waals surface area contributed by atoms with Crippen molar-refractivity contribution in [2.45, 2.75) is 44.9 Å². The smallest absolute Gasteiger partial charge is 0.133 e. The molecule has 0 amide bonds. The van der Waals surface area contributed by atoms with E-state index in [9.17, 15) is 4.79 Å². The second-order valence-corrected chi connectivity index (χ2v) is 4.09. The molecule has 0 aromatic heterocycles. The Kier molecular flexibility index (Phi) is 1.97. The van der Waals surface area contributed by atoms with Gasteiger partial charge in [0.25, 0.3) is 0 Å². The van der Waals surface area contributed by atoms with E-state index in [0.717, 1.165) is 24.7 Å². The highest BCUT2D eigenvalue weighted by molar-refractivity contribution is 5.80. The summed E-state index contributed by atoms with van der Waals surface area (Å²) < 4.78 is 0. The van der Waals surface area contributed by atoms with E-state index < -0.39 is 0 Å². The summed E-state index contributed by atoms with van der Waals surface area (Å²) in [6.07, 6.45) is 8.61. The number of carbonyl (C=O) groups is 1. The van der Waals surface area contributed by atoms with Gasteiger partial charge in [-0.15, -0.1) is 0 Å². The van der Waals surface area contributed by atoms with Crippen molar-refractivity contribution in [3.63, 3.8) is 0 Å². The molecule has 0 aromatic carbocycles. The number of carbonyl (C=O) groups excluding carboxylic acids is 1. The predicted molar refractivity (Wildman–Crippen MR) is 44.3 cm³/mol. The molecule has 0 radical (unpaired) electrons. The Morgan fingerprint density at radius 3 is 2.27 bits per heavy atom. The van der Waals surface area contributed by atoms with Gasteiger partial charge in [-0.1, -0.05) is 25.7 Å². The van der Waals surface area contributed by atoms with Crippen molar-refractivity contribution < 1.29 is 4.79 Å². The molecule has 2 saturated carbocycles. The maximum absolute atomic E-state index is 11.0. The molecule has 0 unspecified atom stereocenters. The summed E-state index contributed by atoms with van der Waals surface area (Å²) >= 11 is 0. The molecule has 1 heteroatoms. The van der Waals surface area contributed by atoms with Crippen molar-refractivity contribution in [3.8, 4) is 0 Å². The summed E-state index contributed by atoms with van der Waals surface area (Å²) in [7, 11) is 0. The van der Waals surface area contributed by atoms with Crippen LogP contribution in [0.3, 0.4) is 0 Å². The second kappa shape index (κ2) is 2.96. The zero-order valence-corrected chi connectivity index (χ0v) is 7.01. The normalized spacial score (nSPS) is 33.5. The van der Waals surface area contributed by atoms with Crippen molar-refractivity contribution >= 4 is 5.78 Å².